The van der Waals surface area contributed by atoms with Gasteiger partial charge in [-0.3, -0.25) is 14.5 Å². The number of benzene rings is 1. The highest BCUT2D eigenvalue weighted by Crippen LogP contribution is 2.29. The average molecular weight is 399 g/mol. The van der Waals surface area contributed by atoms with Gasteiger partial charge < -0.3 is 15.4 Å². The lowest BCUT2D eigenvalue weighted by Gasteiger charge is -2.35. The Labute approximate surface area is 161 Å². The Morgan fingerprint density at radius 3 is 2.32 bits per heavy atom. The summed E-state index contributed by atoms with van der Waals surface area (Å²) < 4.78 is 43.0. The van der Waals surface area contributed by atoms with Crippen molar-refractivity contribution in [3.8, 4) is 0 Å². The number of piperidine rings is 1. The first kappa shape index (κ1) is 20.6. The maximum atomic E-state index is 12.5. The molecule has 0 saturated carbocycles. The van der Waals surface area contributed by atoms with Gasteiger partial charge in [0.2, 0.25) is 0 Å². The van der Waals surface area contributed by atoms with E-state index in [1.54, 1.807) is 0 Å². The van der Waals surface area contributed by atoms with Crippen LogP contribution >= 0.6 is 0 Å². The van der Waals surface area contributed by atoms with E-state index in [-0.39, 0.29) is 5.69 Å². The molecule has 2 fully saturated rings. The molecule has 0 aromatic heterocycles. The van der Waals surface area contributed by atoms with Crippen LogP contribution in [0.2, 0.25) is 0 Å². The van der Waals surface area contributed by atoms with Crippen molar-refractivity contribution in [1.82, 2.24) is 10.2 Å². The lowest BCUT2D eigenvalue weighted by atomic mass is 9.95. The van der Waals surface area contributed by atoms with Crippen LogP contribution < -0.4 is 10.6 Å². The van der Waals surface area contributed by atoms with Gasteiger partial charge in [0.1, 0.15) is 0 Å². The van der Waals surface area contributed by atoms with Crippen molar-refractivity contribution >= 4 is 17.5 Å². The van der Waals surface area contributed by atoms with Gasteiger partial charge in [-0.15, -0.1) is 0 Å². The number of halogens is 3. The van der Waals surface area contributed by atoms with Gasteiger partial charge in [-0.1, -0.05) is 0 Å². The Bertz CT molecular complexity index is 680. The summed E-state index contributed by atoms with van der Waals surface area (Å²) in [6.45, 7) is 3.91. The number of carbonyl (C=O) groups is 2. The summed E-state index contributed by atoms with van der Waals surface area (Å²) in [6, 6.07) is 4.45. The van der Waals surface area contributed by atoms with Gasteiger partial charge in [0, 0.05) is 24.9 Å². The fourth-order valence-corrected chi connectivity index (χ4v) is 3.58. The SMILES string of the molecule is O=C(NCC1CCN([C@@H]2CCOC2)CC1)C(=O)Nc1ccc(C(F)(F)F)cc1. The van der Waals surface area contributed by atoms with Crippen molar-refractivity contribution in [2.24, 2.45) is 5.92 Å². The number of ether oxygens (including phenoxy) is 1. The molecule has 0 aliphatic carbocycles. The Balaban J connectivity index is 1.39. The first-order chi connectivity index (χ1) is 13.3. The van der Waals surface area contributed by atoms with Crippen LogP contribution in [0, 0.1) is 5.92 Å². The molecule has 2 aliphatic rings. The second-order valence-corrected chi connectivity index (χ2v) is 7.24. The van der Waals surface area contributed by atoms with Gasteiger partial charge in [-0.25, -0.2) is 0 Å². The van der Waals surface area contributed by atoms with Crippen LogP contribution in [0.5, 0.6) is 0 Å². The molecule has 1 aromatic rings. The number of rotatable bonds is 4. The zero-order valence-corrected chi connectivity index (χ0v) is 15.4. The zero-order valence-electron chi connectivity index (χ0n) is 15.4. The number of hydrogen-bond acceptors (Lipinski definition) is 4. The lowest BCUT2D eigenvalue weighted by molar-refractivity contribution is -0.137. The monoisotopic (exact) mass is 399 g/mol. The van der Waals surface area contributed by atoms with E-state index in [1.807, 2.05) is 0 Å². The topological polar surface area (TPSA) is 70.7 Å². The summed E-state index contributed by atoms with van der Waals surface area (Å²) >= 11 is 0. The quantitative estimate of drug-likeness (QED) is 0.762. The van der Waals surface area contributed by atoms with E-state index in [0.717, 1.165) is 69.8 Å². The number of hydrogen-bond donors (Lipinski definition) is 2. The number of carbonyl (C=O) groups excluding carboxylic acids is 2. The highest BCUT2D eigenvalue weighted by Gasteiger charge is 2.30. The van der Waals surface area contributed by atoms with Gasteiger partial charge >= 0.3 is 18.0 Å². The molecule has 0 spiro atoms. The molecule has 2 amide bonds. The molecule has 2 heterocycles. The van der Waals surface area contributed by atoms with Gasteiger partial charge in [0.15, 0.2) is 0 Å². The molecule has 28 heavy (non-hydrogen) atoms. The second kappa shape index (κ2) is 8.91. The molecule has 9 heteroatoms. The molecule has 2 N–H and O–H groups in total. The molecule has 1 atom stereocenters. The van der Waals surface area contributed by atoms with Gasteiger partial charge in [-0.2, -0.15) is 13.2 Å². The van der Waals surface area contributed by atoms with Crippen LogP contribution in [0.15, 0.2) is 24.3 Å². The van der Waals surface area contributed by atoms with Gasteiger partial charge in [0.05, 0.1) is 12.2 Å². The molecule has 154 valence electrons. The van der Waals surface area contributed by atoms with Crippen LogP contribution in [-0.2, 0) is 20.5 Å². The minimum Gasteiger partial charge on any atom is -0.380 e. The summed E-state index contributed by atoms with van der Waals surface area (Å²) in [5.74, 6) is -1.37. The maximum absolute atomic E-state index is 12.5. The van der Waals surface area contributed by atoms with Crippen molar-refractivity contribution in [3.05, 3.63) is 29.8 Å². The zero-order chi connectivity index (χ0) is 20.1. The van der Waals surface area contributed by atoms with E-state index in [1.165, 1.54) is 0 Å². The van der Waals surface area contributed by atoms with E-state index in [2.05, 4.69) is 15.5 Å². The molecule has 3 rings (SSSR count). The fourth-order valence-electron chi connectivity index (χ4n) is 3.58. The Kier molecular flexibility index (Phi) is 6.56. The van der Waals surface area contributed by atoms with Gasteiger partial charge in [-0.05, 0) is 62.5 Å². The first-order valence-electron chi connectivity index (χ1n) is 9.41. The molecule has 2 aliphatic heterocycles. The number of likely N-dealkylation sites (tertiary alicyclic amines) is 1. The number of amides is 2. The van der Waals surface area contributed by atoms with Crippen molar-refractivity contribution in [1.29, 1.82) is 0 Å². The minimum absolute atomic E-state index is 0.139. The van der Waals surface area contributed by atoms with E-state index < -0.39 is 23.6 Å². The van der Waals surface area contributed by atoms with Crippen molar-refractivity contribution in [3.63, 3.8) is 0 Å². The second-order valence-electron chi connectivity index (χ2n) is 7.24. The highest BCUT2D eigenvalue weighted by molar-refractivity contribution is 6.39. The van der Waals surface area contributed by atoms with Gasteiger partial charge in [0.25, 0.3) is 0 Å². The number of alkyl halides is 3. The molecule has 0 radical (unpaired) electrons. The van der Waals surface area contributed by atoms with E-state index in [9.17, 15) is 22.8 Å². The predicted molar refractivity (Wildman–Crippen MR) is 96.6 cm³/mol. The van der Waals surface area contributed by atoms with E-state index in [0.29, 0.717) is 18.5 Å². The Morgan fingerprint density at radius 2 is 1.75 bits per heavy atom. The third kappa shape index (κ3) is 5.45. The summed E-state index contributed by atoms with van der Waals surface area (Å²) in [7, 11) is 0. The summed E-state index contributed by atoms with van der Waals surface area (Å²) in [4.78, 5) is 26.3. The smallest absolute Gasteiger partial charge is 0.380 e. The standard InChI is InChI=1S/C19H24F3N3O3/c20-19(21,22)14-1-3-15(4-2-14)24-18(27)17(26)23-11-13-5-8-25(9-6-13)16-7-10-28-12-16/h1-4,13,16H,5-12H2,(H,23,26)(H,24,27)/t16-/m1/s1. The van der Waals surface area contributed by atoms with Crippen LogP contribution in [0.1, 0.15) is 24.8 Å². The maximum Gasteiger partial charge on any atom is 0.416 e. The highest BCUT2D eigenvalue weighted by atomic mass is 19.4. The third-order valence-electron chi connectivity index (χ3n) is 5.30. The molecule has 0 bridgehead atoms. The van der Waals surface area contributed by atoms with E-state index in [4.69, 9.17) is 4.74 Å². The Morgan fingerprint density at radius 1 is 1.07 bits per heavy atom. The molecule has 1 aromatic carbocycles. The van der Waals surface area contributed by atoms with E-state index >= 15 is 0 Å². The number of nitrogens with zero attached hydrogens (tertiary/aromatic N) is 1. The molecule has 2 saturated heterocycles. The molecular weight excluding hydrogens is 375 g/mol. The molecule has 6 nitrogen and oxygen atoms in total. The molecular formula is C19H24F3N3O3. The average Bonchev–Trinajstić information content (AvgIpc) is 3.21. The lowest BCUT2D eigenvalue weighted by Crippen LogP contribution is -2.45. The minimum atomic E-state index is -4.44. The predicted octanol–water partition coefficient (Wildman–Crippen LogP) is 2.26. The third-order valence-corrected chi connectivity index (χ3v) is 5.30. The van der Waals surface area contributed by atoms with Crippen LogP contribution in [0.25, 0.3) is 0 Å². The van der Waals surface area contributed by atoms with Crippen molar-refractivity contribution in [2.45, 2.75) is 31.5 Å². The number of anilines is 1. The molecule has 0 unspecified atom stereocenters. The number of nitrogens with one attached hydrogen (secondary N) is 2. The van der Waals surface area contributed by atoms with Crippen molar-refractivity contribution in [2.75, 3.05) is 38.2 Å². The van der Waals surface area contributed by atoms with Crippen LogP contribution in [-0.4, -0.2) is 55.6 Å². The summed E-state index contributed by atoms with van der Waals surface area (Å²) in [5, 5.41) is 4.93. The normalized spacial score (nSPS) is 21.5. The fraction of sp³-hybridized carbons (Fsp3) is 0.579. The first-order valence-corrected chi connectivity index (χ1v) is 9.41. The largest absolute Gasteiger partial charge is 0.416 e. The summed E-state index contributed by atoms with van der Waals surface area (Å²) in [5.41, 5.74) is -0.675. The van der Waals surface area contributed by atoms with Crippen molar-refractivity contribution < 1.29 is 27.5 Å². The van der Waals surface area contributed by atoms with Crippen LogP contribution in [0.3, 0.4) is 0 Å². The summed E-state index contributed by atoms with van der Waals surface area (Å²) in [6.07, 6.45) is -1.50. The van der Waals surface area contributed by atoms with Crippen LogP contribution in [0.4, 0.5) is 18.9 Å². The Hall–Kier alpha value is -2.13.